The highest BCUT2D eigenvalue weighted by atomic mass is 32.2. The minimum absolute atomic E-state index is 0.204. The van der Waals surface area contributed by atoms with Crippen molar-refractivity contribution in [2.75, 3.05) is 45.4 Å². The van der Waals surface area contributed by atoms with E-state index in [1.807, 2.05) is 0 Å². The van der Waals surface area contributed by atoms with Crippen LogP contribution in [0.4, 0.5) is 11.4 Å². The van der Waals surface area contributed by atoms with Crippen LogP contribution in [0.3, 0.4) is 0 Å². The Kier molecular flexibility index (Phi) is 6.94. The Morgan fingerprint density at radius 3 is 2.52 bits per heavy atom. The second-order valence-electron chi connectivity index (χ2n) is 5.02. The molecule has 120 valence electrons. The van der Waals surface area contributed by atoms with Gasteiger partial charge in [0.1, 0.15) is 0 Å². The van der Waals surface area contributed by atoms with Gasteiger partial charge in [-0.2, -0.15) is 0 Å². The molecule has 0 amide bonds. The number of nitrogens with two attached hydrogens (primary N) is 1. The summed E-state index contributed by atoms with van der Waals surface area (Å²) in [4.78, 5) is 0.204. The van der Waals surface area contributed by atoms with Crippen molar-refractivity contribution in [1.82, 2.24) is 4.31 Å². The molecule has 0 unspecified atom stereocenters. The highest BCUT2D eigenvalue weighted by Crippen LogP contribution is 2.24. The maximum atomic E-state index is 12.0. The normalized spacial score (nSPS) is 11.8. The van der Waals surface area contributed by atoms with Gasteiger partial charge in [-0.05, 0) is 37.5 Å². The van der Waals surface area contributed by atoms with Crippen LogP contribution in [0.5, 0.6) is 0 Å². The predicted molar refractivity (Wildman–Crippen MR) is 85.9 cm³/mol. The molecule has 0 aromatic heterocycles. The van der Waals surface area contributed by atoms with Gasteiger partial charge >= 0.3 is 0 Å². The summed E-state index contributed by atoms with van der Waals surface area (Å²) < 4.78 is 30.1. The zero-order valence-corrected chi connectivity index (χ0v) is 13.7. The molecule has 0 bridgehead atoms. The Morgan fingerprint density at radius 2 is 1.95 bits per heavy atom. The molecule has 0 heterocycles. The summed E-state index contributed by atoms with van der Waals surface area (Å²) in [6, 6.07) is 4.77. The van der Waals surface area contributed by atoms with E-state index in [1.165, 1.54) is 24.5 Å². The summed E-state index contributed by atoms with van der Waals surface area (Å²) in [5, 5.41) is 3.22. The topological polar surface area (TPSA) is 84.7 Å². The average Bonchev–Trinajstić information content (AvgIpc) is 2.43. The minimum Gasteiger partial charge on any atom is -0.397 e. The molecule has 0 saturated heterocycles. The lowest BCUT2D eigenvalue weighted by molar-refractivity contribution is 0.192. The van der Waals surface area contributed by atoms with Gasteiger partial charge in [-0.25, -0.2) is 12.7 Å². The van der Waals surface area contributed by atoms with E-state index in [2.05, 4.69) is 5.32 Å². The van der Waals surface area contributed by atoms with Crippen molar-refractivity contribution in [2.45, 2.75) is 24.2 Å². The lowest BCUT2D eigenvalue weighted by Gasteiger charge is -2.14. The molecule has 21 heavy (non-hydrogen) atoms. The fourth-order valence-electron chi connectivity index (χ4n) is 1.84. The lowest BCUT2D eigenvalue weighted by atomic mass is 10.2. The van der Waals surface area contributed by atoms with Crippen molar-refractivity contribution in [3.8, 4) is 0 Å². The smallest absolute Gasteiger partial charge is 0.242 e. The molecule has 0 fully saturated rings. The van der Waals surface area contributed by atoms with Crippen LogP contribution in [0.1, 0.15) is 19.3 Å². The Bertz CT molecular complexity index is 544. The Labute approximate surface area is 127 Å². The number of methoxy groups -OCH3 is 1. The summed E-state index contributed by atoms with van der Waals surface area (Å²) in [5.41, 5.74) is 7.12. The standard InChI is InChI=1S/C14H25N3O3S/c1-17(2)21(18,19)12-7-8-14(13(15)11-12)16-9-5-4-6-10-20-3/h7-8,11,16H,4-6,9-10,15H2,1-3H3. The van der Waals surface area contributed by atoms with Gasteiger partial charge in [-0.15, -0.1) is 0 Å². The van der Waals surface area contributed by atoms with Crippen molar-refractivity contribution in [1.29, 1.82) is 0 Å². The molecule has 0 aliphatic rings. The predicted octanol–water partition coefficient (Wildman–Crippen LogP) is 1.75. The molecule has 0 aliphatic heterocycles. The number of nitrogen functional groups attached to an aromatic ring is 1. The molecule has 6 nitrogen and oxygen atoms in total. The van der Waals surface area contributed by atoms with Gasteiger partial charge in [0.25, 0.3) is 0 Å². The van der Waals surface area contributed by atoms with Gasteiger partial charge in [0.05, 0.1) is 16.3 Å². The molecule has 0 saturated carbocycles. The third-order valence-corrected chi connectivity index (χ3v) is 4.95. The Hall–Kier alpha value is -1.31. The number of sulfonamides is 1. The molecule has 0 aliphatic carbocycles. The summed E-state index contributed by atoms with van der Waals surface area (Å²) in [6.07, 6.45) is 3.13. The molecule has 0 atom stereocenters. The van der Waals surface area contributed by atoms with E-state index in [0.717, 1.165) is 38.1 Å². The first-order valence-electron chi connectivity index (χ1n) is 6.94. The van der Waals surface area contributed by atoms with E-state index in [-0.39, 0.29) is 4.90 Å². The molecular formula is C14H25N3O3S. The number of anilines is 2. The second kappa shape index (κ2) is 8.21. The van der Waals surface area contributed by atoms with Gasteiger partial charge in [0.2, 0.25) is 10.0 Å². The van der Waals surface area contributed by atoms with E-state index < -0.39 is 10.0 Å². The van der Waals surface area contributed by atoms with Gasteiger partial charge in [-0.3, -0.25) is 0 Å². The second-order valence-corrected chi connectivity index (χ2v) is 7.17. The monoisotopic (exact) mass is 315 g/mol. The zero-order chi connectivity index (χ0) is 15.9. The summed E-state index contributed by atoms with van der Waals surface area (Å²) in [7, 11) is 1.25. The molecule has 0 radical (unpaired) electrons. The van der Waals surface area contributed by atoms with Crippen LogP contribution in [0.15, 0.2) is 23.1 Å². The van der Waals surface area contributed by atoms with Crippen LogP contribution >= 0.6 is 0 Å². The van der Waals surface area contributed by atoms with Crippen LogP contribution in [-0.2, 0) is 14.8 Å². The van der Waals surface area contributed by atoms with Crippen molar-refractivity contribution >= 4 is 21.4 Å². The van der Waals surface area contributed by atoms with Crippen molar-refractivity contribution < 1.29 is 13.2 Å². The maximum Gasteiger partial charge on any atom is 0.242 e. The first-order valence-corrected chi connectivity index (χ1v) is 8.38. The molecule has 0 spiro atoms. The Morgan fingerprint density at radius 1 is 1.24 bits per heavy atom. The van der Waals surface area contributed by atoms with Crippen molar-refractivity contribution in [2.24, 2.45) is 0 Å². The minimum atomic E-state index is -3.44. The summed E-state index contributed by atoms with van der Waals surface area (Å²) in [6.45, 7) is 1.58. The SMILES string of the molecule is COCCCCCNc1ccc(S(=O)(=O)N(C)C)cc1N. The number of unbranched alkanes of at least 4 members (excludes halogenated alkanes) is 2. The quantitative estimate of drug-likeness (QED) is 0.536. The Balaban J connectivity index is 2.59. The molecule has 1 aromatic rings. The number of ether oxygens (including phenoxy) is 1. The highest BCUT2D eigenvalue weighted by Gasteiger charge is 2.17. The van der Waals surface area contributed by atoms with E-state index in [9.17, 15) is 8.42 Å². The molecule has 1 aromatic carbocycles. The van der Waals surface area contributed by atoms with E-state index in [4.69, 9.17) is 10.5 Å². The van der Waals surface area contributed by atoms with Gasteiger partial charge < -0.3 is 15.8 Å². The number of benzene rings is 1. The van der Waals surface area contributed by atoms with Crippen LogP contribution in [0, 0.1) is 0 Å². The van der Waals surface area contributed by atoms with Crippen LogP contribution in [0.2, 0.25) is 0 Å². The van der Waals surface area contributed by atoms with Crippen LogP contribution in [-0.4, -0.2) is 47.1 Å². The summed E-state index contributed by atoms with van der Waals surface area (Å²) >= 11 is 0. The third kappa shape index (κ3) is 5.18. The average molecular weight is 315 g/mol. The number of hydrogen-bond donors (Lipinski definition) is 2. The first kappa shape index (κ1) is 17.7. The highest BCUT2D eigenvalue weighted by molar-refractivity contribution is 7.89. The first-order chi connectivity index (χ1) is 9.89. The third-order valence-electron chi connectivity index (χ3n) is 3.14. The molecule has 7 heteroatoms. The fraction of sp³-hybridized carbons (Fsp3) is 0.571. The number of nitrogens with one attached hydrogen (secondary N) is 1. The van der Waals surface area contributed by atoms with Crippen molar-refractivity contribution in [3.63, 3.8) is 0 Å². The maximum absolute atomic E-state index is 12.0. The number of hydrogen-bond acceptors (Lipinski definition) is 5. The van der Waals surface area contributed by atoms with E-state index >= 15 is 0 Å². The van der Waals surface area contributed by atoms with Gasteiger partial charge in [0.15, 0.2) is 0 Å². The molecule has 1 rings (SSSR count). The molecular weight excluding hydrogens is 290 g/mol. The number of nitrogens with zero attached hydrogens (tertiary/aromatic N) is 1. The van der Waals surface area contributed by atoms with E-state index in [1.54, 1.807) is 19.2 Å². The largest absolute Gasteiger partial charge is 0.397 e. The van der Waals surface area contributed by atoms with Crippen molar-refractivity contribution in [3.05, 3.63) is 18.2 Å². The van der Waals surface area contributed by atoms with Gasteiger partial charge in [0, 0.05) is 34.4 Å². The van der Waals surface area contributed by atoms with Gasteiger partial charge in [-0.1, -0.05) is 0 Å². The van der Waals surface area contributed by atoms with Crippen LogP contribution < -0.4 is 11.1 Å². The summed E-state index contributed by atoms with van der Waals surface area (Å²) in [5.74, 6) is 0. The van der Waals surface area contributed by atoms with Crippen LogP contribution in [0.25, 0.3) is 0 Å². The van der Waals surface area contributed by atoms with E-state index in [0.29, 0.717) is 5.69 Å². The lowest BCUT2D eigenvalue weighted by Crippen LogP contribution is -2.22. The number of rotatable bonds is 9. The zero-order valence-electron chi connectivity index (χ0n) is 12.9. The molecule has 3 N–H and O–H groups in total. The fourth-order valence-corrected chi connectivity index (χ4v) is 2.78.